The van der Waals surface area contributed by atoms with Crippen molar-refractivity contribution in [2.45, 2.75) is 204 Å². The average Bonchev–Trinajstić information content (AvgIpc) is 3.74. The molecule has 1 aliphatic heterocycles. The van der Waals surface area contributed by atoms with Gasteiger partial charge in [0.2, 0.25) is 0 Å². The number of hydrogen-bond donors (Lipinski definition) is 9. The highest BCUT2D eigenvalue weighted by Crippen LogP contribution is 2.72. The fourth-order valence-corrected chi connectivity index (χ4v) is 20.4. The molecule has 5 saturated carbocycles. The zero-order chi connectivity index (χ0) is 53.3. The molecule has 1 aromatic carbocycles. The number of nitrogens with zero attached hydrogens (tertiary/aromatic N) is 1. The third-order valence-electron chi connectivity index (χ3n) is 21.4. The zero-order valence-electron chi connectivity index (χ0n) is 46.4. The van der Waals surface area contributed by atoms with Crippen molar-refractivity contribution in [3.8, 4) is 11.5 Å². The van der Waals surface area contributed by atoms with Crippen molar-refractivity contribution in [3.05, 3.63) is 82.1 Å². The van der Waals surface area contributed by atoms with Crippen molar-refractivity contribution < 1.29 is 29.6 Å². The quantitative estimate of drug-likeness (QED) is 0.0268. The third-order valence-corrected chi connectivity index (χ3v) is 23.9. The number of phenolic OH excluding ortho intramolecular Hbond substituents is 1. The van der Waals surface area contributed by atoms with Gasteiger partial charge in [-0.15, -0.1) is 0 Å². The van der Waals surface area contributed by atoms with Crippen LogP contribution in [0.1, 0.15) is 193 Å². The maximum Gasteiger partial charge on any atom is 0.189 e. The Labute approximate surface area is 467 Å². The molecule has 0 amide bonds. The summed E-state index contributed by atoms with van der Waals surface area (Å²) in [6.07, 6.45) is 29.3. The van der Waals surface area contributed by atoms with Crippen molar-refractivity contribution in [3.63, 3.8) is 0 Å². The van der Waals surface area contributed by atoms with Gasteiger partial charge in [-0.25, -0.2) is 4.99 Å². The molecule has 0 radical (unpaired) electrons. The number of furan rings is 1. The molecule has 11 N–H and O–H groups in total. The topological polar surface area (TPSA) is 208 Å². The SMILES string of the molecule is CC(O)CNCC1c2cc(C(O)COc3cc(CCc4cc(CO)c(CCC5CCC6C7CSSCC(N=C(N)NC8CCCCC8)C(C)CCC6C(C5)CC7N)o4)ccc3O)[nH]c2C2C=CC13CCCC3C21CCCC1. The van der Waals surface area contributed by atoms with E-state index in [4.69, 9.17) is 25.6 Å². The predicted octanol–water partition coefficient (Wildman–Crippen LogP) is 11.1. The second-order valence-electron chi connectivity index (χ2n) is 26.0. The first kappa shape index (κ1) is 55.8. The largest absolute Gasteiger partial charge is 0.504 e. The van der Waals surface area contributed by atoms with E-state index in [1.54, 1.807) is 6.07 Å². The Bertz CT molecular complexity index is 2500. The number of guanidine groups is 1. The highest BCUT2D eigenvalue weighted by Gasteiger charge is 2.63. The number of aromatic hydroxyl groups is 1. The number of aromatic amines is 1. The van der Waals surface area contributed by atoms with Crippen molar-refractivity contribution >= 4 is 27.5 Å². The Hall–Kier alpha value is -3.11. The van der Waals surface area contributed by atoms with Gasteiger partial charge in [-0.2, -0.15) is 0 Å². The summed E-state index contributed by atoms with van der Waals surface area (Å²) in [6, 6.07) is 10.7. The van der Waals surface area contributed by atoms with Crippen LogP contribution in [-0.2, 0) is 25.9 Å². The predicted molar refractivity (Wildman–Crippen MR) is 312 cm³/mol. The van der Waals surface area contributed by atoms with E-state index in [1.165, 1.54) is 120 Å². The summed E-state index contributed by atoms with van der Waals surface area (Å²) in [5.41, 5.74) is 19.2. The van der Waals surface area contributed by atoms with Crippen LogP contribution in [0.4, 0.5) is 0 Å². The minimum absolute atomic E-state index is 0.000308. The van der Waals surface area contributed by atoms with E-state index in [0.29, 0.717) is 84.5 Å². The Morgan fingerprint density at radius 1 is 0.909 bits per heavy atom. The maximum atomic E-state index is 11.8. The number of phenols is 1. The first-order chi connectivity index (χ1) is 37.4. The number of nitrogens with one attached hydrogen (secondary N) is 3. The lowest BCUT2D eigenvalue weighted by atomic mass is 9.52. The van der Waals surface area contributed by atoms with Crippen molar-refractivity contribution in [1.29, 1.82) is 0 Å². The van der Waals surface area contributed by atoms with E-state index in [1.807, 2.05) is 46.7 Å². The standard InChI is InChI=1S/C63H94N6O6S2/c1-38-12-18-46-42-27-40(14-19-47(46)49(52(64)30-42)36-76-77-37-54(38)69-61(65)67-44-9-4-3-5-10-44)16-21-57-43(34-70)29-45(75-57)17-13-41-15-20-55(72)58(28-41)74-35-56(73)53-31-48-51(33-66-32-39(2)71)63-25-8-11-59(63)62(23-6-7-24-62)50(22-26-63)60(48)68-53/h15,20,22,26,28-29,31,38-40,42,44,46-47,49-52,54,56,59,66,68,70-73H,3-14,16-19,21,23-25,27,30,32-37,64H2,1-2H3,(H3,65,67,69). The molecule has 77 heavy (non-hydrogen) atoms. The van der Waals surface area contributed by atoms with Crippen LogP contribution < -0.4 is 26.8 Å². The van der Waals surface area contributed by atoms with E-state index in [9.17, 15) is 20.4 Å². The second kappa shape index (κ2) is 24.5. The summed E-state index contributed by atoms with van der Waals surface area (Å²) in [5, 5.41) is 50.8. The summed E-state index contributed by atoms with van der Waals surface area (Å²) in [6.45, 7) is 5.55. The summed E-state index contributed by atoms with van der Waals surface area (Å²) >= 11 is 0. The summed E-state index contributed by atoms with van der Waals surface area (Å²) in [7, 11) is 4.00. The van der Waals surface area contributed by atoms with Gasteiger partial charge in [0.1, 0.15) is 24.2 Å². The average molecular weight is 1100 g/mol. The molecule has 2 aromatic heterocycles. The molecule has 12 nitrogen and oxygen atoms in total. The number of aromatic nitrogens is 1. The van der Waals surface area contributed by atoms with E-state index >= 15 is 0 Å². The van der Waals surface area contributed by atoms with Gasteiger partial charge in [0.25, 0.3) is 0 Å². The molecule has 9 aliphatic rings. The molecule has 3 heterocycles. The molecular weight excluding hydrogens is 1000 g/mol. The molecule has 3 aromatic rings. The van der Waals surface area contributed by atoms with Crippen LogP contribution >= 0.6 is 21.6 Å². The number of aliphatic hydroxyl groups excluding tert-OH is 3. The lowest BCUT2D eigenvalue weighted by molar-refractivity contribution is 0.0440. The van der Waals surface area contributed by atoms with Crippen LogP contribution in [0, 0.1) is 52.3 Å². The minimum Gasteiger partial charge on any atom is -0.504 e. The fraction of sp³-hybridized carbons (Fsp3) is 0.730. The van der Waals surface area contributed by atoms with Crippen LogP contribution in [-0.4, -0.2) is 86.8 Å². The van der Waals surface area contributed by atoms with Crippen molar-refractivity contribution in [2.24, 2.45) is 68.7 Å². The number of ether oxygens (including phenoxy) is 1. The maximum absolute atomic E-state index is 11.8. The van der Waals surface area contributed by atoms with E-state index in [-0.39, 0.29) is 47.8 Å². The Morgan fingerprint density at radius 2 is 1.73 bits per heavy atom. The minimum atomic E-state index is -0.911. The second-order valence-corrected chi connectivity index (χ2v) is 28.5. The first-order valence-electron chi connectivity index (χ1n) is 30.7. The van der Waals surface area contributed by atoms with Crippen LogP contribution in [0.25, 0.3) is 0 Å². The third kappa shape index (κ3) is 11.8. The number of rotatable bonds is 17. The number of benzene rings is 1. The normalized spacial score (nSPS) is 33.9. The van der Waals surface area contributed by atoms with Crippen molar-refractivity contribution in [2.75, 3.05) is 31.2 Å². The first-order valence-corrected chi connectivity index (χ1v) is 33.1. The summed E-state index contributed by atoms with van der Waals surface area (Å²) < 4.78 is 12.8. The highest BCUT2D eigenvalue weighted by molar-refractivity contribution is 8.76. The molecule has 2 spiro atoms. The van der Waals surface area contributed by atoms with Gasteiger partial charge in [0.05, 0.1) is 18.8 Å². The van der Waals surface area contributed by atoms with Gasteiger partial charge >= 0.3 is 0 Å². The molecule has 6 fully saturated rings. The number of hydrogen-bond acceptors (Lipinski definition) is 11. The molecule has 14 atom stereocenters. The lowest BCUT2D eigenvalue weighted by Gasteiger charge is -2.52. The monoisotopic (exact) mass is 1090 g/mol. The van der Waals surface area contributed by atoms with Crippen LogP contribution in [0.5, 0.6) is 11.5 Å². The highest BCUT2D eigenvalue weighted by atomic mass is 33.1. The molecular formula is C63H94N6O6S2. The van der Waals surface area contributed by atoms with Crippen LogP contribution in [0.2, 0.25) is 0 Å². The number of H-pyrrole nitrogens is 1. The number of nitrogens with two attached hydrogens (primary N) is 2. The van der Waals surface area contributed by atoms with Gasteiger partial charge < -0.3 is 56.7 Å². The number of aliphatic imine (C=N–C) groups is 1. The number of aryl methyl sites for hydroxylation is 3. The Morgan fingerprint density at radius 3 is 2.55 bits per heavy atom. The van der Waals surface area contributed by atoms with Gasteiger partial charge in [-0.05, 0) is 178 Å². The molecule has 12 rings (SSSR count). The summed E-state index contributed by atoms with van der Waals surface area (Å²) in [4.78, 5) is 8.94. The van der Waals surface area contributed by atoms with E-state index < -0.39 is 12.2 Å². The van der Waals surface area contributed by atoms with Gasteiger partial charge in [-0.1, -0.05) is 91.7 Å². The summed E-state index contributed by atoms with van der Waals surface area (Å²) in [5.74, 6) is 9.74. The fourth-order valence-electron chi connectivity index (χ4n) is 17.5. The molecule has 14 heteroatoms. The van der Waals surface area contributed by atoms with Gasteiger partial charge in [0, 0.05) is 78.3 Å². The number of aliphatic hydroxyl groups is 3. The molecule has 424 valence electrons. The van der Waals surface area contributed by atoms with Crippen molar-refractivity contribution in [1.82, 2.24) is 15.6 Å². The van der Waals surface area contributed by atoms with Gasteiger partial charge in [0.15, 0.2) is 17.5 Å². The lowest BCUT2D eigenvalue weighted by Crippen LogP contribution is -2.47. The molecule has 1 saturated heterocycles. The van der Waals surface area contributed by atoms with Crippen LogP contribution in [0.15, 0.2) is 51.9 Å². The van der Waals surface area contributed by atoms with E-state index in [2.05, 4.69) is 40.8 Å². The Kier molecular flexibility index (Phi) is 17.8. The van der Waals surface area contributed by atoms with Crippen LogP contribution in [0.3, 0.4) is 0 Å². The molecule has 6 bridgehead atoms. The zero-order valence-corrected chi connectivity index (χ0v) is 48.1. The van der Waals surface area contributed by atoms with E-state index in [0.717, 1.165) is 65.7 Å². The molecule has 8 aliphatic carbocycles. The van der Waals surface area contributed by atoms with Gasteiger partial charge in [-0.3, -0.25) is 0 Å². The Balaban J connectivity index is 0.703. The number of allylic oxidation sites excluding steroid dienone is 2. The smallest absolute Gasteiger partial charge is 0.189 e. The molecule has 14 unspecified atom stereocenters.